The van der Waals surface area contributed by atoms with Crippen LogP contribution >= 0.6 is 11.6 Å². The predicted molar refractivity (Wildman–Crippen MR) is 63.9 cm³/mol. The second-order valence-electron chi connectivity index (χ2n) is 3.80. The normalized spacial score (nSPS) is 17.8. The van der Waals surface area contributed by atoms with E-state index in [1.165, 1.54) is 16.4 Å². The van der Waals surface area contributed by atoms with Crippen molar-refractivity contribution in [3.63, 3.8) is 0 Å². The lowest BCUT2D eigenvalue weighted by molar-refractivity contribution is 0.477. The molecule has 1 saturated heterocycles. The number of hydrogen-bond donors (Lipinski definition) is 1. The molecule has 0 radical (unpaired) electrons. The highest BCUT2D eigenvalue weighted by Crippen LogP contribution is 2.28. The van der Waals surface area contributed by atoms with Crippen LogP contribution in [0, 0.1) is 0 Å². The zero-order valence-electron chi connectivity index (χ0n) is 8.69. The van der Waals surface area contributed by atoms with Gasteiger partial charge in [-0.1, -0.05) is 11.6 Å². The Balaban J connectivity index is 2.42. The standard InChI is InChI=1S/C10H13ClN2O2S/c11-9-7-8(12)3-4-10(9)16(14,15)13-5-1-2-6-13/h3-4,7H,1-2,5-6,12H2. The summed E-state index contributed by atoms with van der Waals surface area (Å²) in [7, 11) is -3.44. The van der Waals surface area contributed by atoms with Gasteiger partial charge in [0.25, 0.3) is 0 Å². The summed E-state index contributed by atoms with van der Waals surface area (Å²) in [6, 6.07) is 4.48. The first-order valence-electron chi connectivity index (χ1n) is 5.07. The van der Waals surface area contributed by atoms with E-state index in [0.29, 0.717) is 18.8 Å². The summed E-state index contributed by atoms with van der Waals surface area (Å²) in [5.41, 5.74) is 5.99. The monoisotopic (exact) mass is 260 g/mol. The van der Waals surface area contributed by atoms with Gasteiger partial charge in [-0.3, -0.25) is 0 Å². The topological polar surface area (TPSA) is 63.4 Å². The summed E-state index contributed by atoms with van der Waals surface area (Å²) in [6.45, 7) is 1.14. The molecule has 0 saturated carbocycles. The Hall–Kier alpha value is -0.780. The molecule has 0 atom stereocenters. The molecule has 1 aliphatic heterocycles. The summed E-state index contributed by atoms with van der Waals surface area (Å²) in [5.74, 6) is 0. The molecular weight excluding hydrogens is 248 g/mol. The van der Waals surface area contributed by atoms with E-state index in [2.05, 4.69) is 0 Å². The predicted octanol–water partition coefficient (Wildman–Crippen LogP) is 1.71. The van der Waals surface area contributed by atoms with Gasteiger partial charge in [0.05, 0.1) is 5.02 Å². The molecule has 88 valence electrons. The highest BCUT2D eigenvalue weighted by molar-refractivity contribution is 7.89. The van der Waals surface area contributed by atoms with Gasteiger partial charge in [-0.05, 0) is 31.0 Å². The third-order valence-electron chi connectivity index (χ3n) is 2.64. The maximum atomic E-state index is 12.2. The maximum Gasteiger partial charge on any atom is 0.244 e. The maximum absolute atomic E-state index is 12.2. The van der Waals surface area contributed by atoms with Gasteiger partial charge in [-0.2, -0.15) is 4.31 Å². The van der Waals surface area contributed by atoms with Crippen LogP contribution in [0.25, 0.3) is 0 Å². The van der Waals surface area contributed by atoms with Gasteiger partial charge >= 0.3 is 0 Å². The van der Waals surface area contributed by atoms with Crippen LogP contribution in [0.3, 0.4) is 0 Å². The van der Waals surface area contributed by atoms with Crippen molar-refractivity contribution >= 4 is 27.3 Å². The molecule has 1 aromatic carbocycles. The van der Waals surface area contributed by atoms with Crippen molar-refractivity contribution in [2.75, 3.05) is 18.8 Å². The van der Waals surface area contributed by atoms with Crippen LogP contribution in [0.5, 0.6) is 0 Å². The number of rotatable bonds is 2. The van der Waals surface area contributed by atoms with E-state index in [9.17, 15) is 8.42 Å². The lowest BCUT2D eigenvalue weighted by Gasteiger charge is -2.16. The van der Waals surface area contributed by atoms with Gasteiger partial charge in [0.2, 0.25) is 10.0 Å². The Morgan fingerprint density at radius 2 is 1.88 bits per heavy atom. The molecule has 1 heterocycles. The summed E-state index contributed by atoms with van der Waals surface area (Å²) >= 11 is 5.91. The summed E-state index contributed by atoms with van der Waals surface area (Å²) in [4.78, 5) is 0.144. The first-order chi connectivity index (χ1) is 7.51. The van der Waals surface area contributed by atoms with Crippen molar-refractivity contribution in [1.29, 1.82) is 0 Å². The highest BCUT2D eigenvalue weighted by Gasteiger charge is 2.28. The number of sulfonamides is 1. The van der Waals surface area contributed by atoms with E-state index >= 15 is 0 Å². The Labute approximate surface area is 100 Å². The zero-order valence-corrected chi connectivity index (χ0v) is 10.3. The van der Waals surface area contributed by atoms with Crippen molar-refractivity contribution in [2.24, 2.45) is 0 Å². The van der Waals surface area contributed by atoms with Crippen molar-refractivity contribution < 1.29 is 8.42 Å². The average molecular weight is 261 g/mol. The van der Waals surface area contributed by atoms with Crippen LogP contribution < -0.4 is 5.73 Å². The molecule has 16 heavy (non-hydrogen) atoms. The molecule has 6 heteroatoms. The van der Waals surface area contributed by atoms with Gasteiger partial charge in [0.15, 0.2) is 0 Å². The molecule has 1 aliphatic rings. The molecule has 0 aliphatic carbocycles. The van der Waals surface area contributed by atoms with E-state index in [4.69, 9.17) is 17.3 Å². The van der Waals surface area contributed by atoms with Gasteiger partial charge in [0, 0.05) is 18.8 Å². The minimum Gasteiger partial charge on any atom is -0.399 e. The number of hydrogen-bond acceptors (Lipinski definition) is 3. The molecule has 0 aromatic heterocycles. The van der Waals surface area contributed by atoms with E-state index in [1.807, 2.05) is 0 Å². The third kappa shape index (κ3) is 2.03. The Morgan fingerprint density at radius 3 is 2.44 bits per heavy atom. The molecule has 0 unspecified atom stereocenters. The van der Waals surface area contributed by atoms with Crippen LogP contribution in [0.4, 0.5) is 5.69 Å². The fraction of sp³-hybridized carbons (Fsp3) is 0.400. The molecule has 0 spiro atoms. The number of nitrogens with two attached hydrogens (primary N) is 1. The average Bonchev–Trinajstić information content (AvgIpc) is 2.69. The van der Waals surface area contributed by atoms with Crippen LogP contribution in [0.1, 0.15) is 12.8 Å². The fourth-order valence-corrected chi connectivity index (χ4v) is 3.84. The molecule has 2 N–H and O–H groups in total. The Bertz CT molecular complexity index is 496. The summed E-state index contributed by atoms with van der Waals surface area (Å²) in [5, 5.41) is 0.187. The summed E-state index contributed by atoms with van der Waals surface area (Å²) in [6.07, 6.45) is 1.82. The number of benzene rings is 1. The van der Waals surface area contributed by atoms with Crippen LogP contribution in [-0.4, -0.2) is 25.8 Å². The smallest absolute Gasteiger partial charge is 0.244 e. The van der Waals surface area contributed by atoms with E-state index in [1.54, 1.807) is 6.07 Å². The molecule has 4 nitrogen and oxygen atoms in total. The van der Waals surface area contributed by atoms with Gasteiger partial charge in [-0.25, -0.2) is 8.42 Å². The first-order valence-corrected chi connectivity index (χ1v) is 6.89. The van der Waals surface area contributed by atoms with Gasteiger partial charge in [0.1, 0.15) is 4.90 Å². The molecular formula is C10H13ClN2O2S. The summed E-state index contributed by atoms with van der Waals surface area (Å²) < 4.78 is 25.8. The lowest BCUT2D eigenvalue weighted by atomic mass is 10.3. The van der Waals surface area contributed by atoms with Crippen LogP contribution in [-0.2, 0) is 10.0 Å². The molecule has 1 aromatic rings. The fourth-order valence-electron chi connectivity index (χ4n) is 1.79. The van der Waals surface area contributed by atoms with E-state index in [0.717, 1.165) is 12.8 Å². The molecule has 1 fully saturated rings. The quantitative estimate of drug-likeness (QED) is 0.824. The second-order valence-corrected chi connectivity index (χ2v) is 6.11. The molecule has 2 rings (SSSR count). The highest BCUT2D eigenvalue weighted by atomic mass is 35.5. The van der Waals surface area contributed by atoms with Gasteiger partial charge in [-0.15, -0.1) is 0 Å². The van der Waals surface area contributed by atoms with Crippen molar-refractivity contribution in [2.45, 2.75) is 17.7 Å². The number of anilines is 1. The number of halogens is 1. The Morgan fingerprint density at radius 1 is 1.25 bits per heavy atom. The molecule has 0 amide bonds. The second kappa shape index (κ2) is 4.24. The third-order valence-corrected chi connectivity index (χ3v) is 5.02. The van der Waals surface area contributed by atoms with Crippen molar-refractivity contribution in [3.8, 4) is 0 Å². The SMILES string of the molecule is Nc1ccc(S(=O)(=O)N2CCCC2)c(Cl)c1. The molecule has 0 bridgehead atoms. The van der Waals surface area contributed by atoms with E-state index < -0.39 is 10.0 Å². The number of nitrogen functional groups attached to an aromatic ring is 1. The van der Waals surface area contributed by atoms with E-state index in [-0.39, 0.29) is 9.92 Å². The minimum atomic E-state index is -3.44. The minimum absolute atomic E-state index is 0.144. The van der Waals surface area contributed by atoms with Crippen molar-refractivity contribution in [3.05, 3.63) is 23.2 Å². The van der Waals surface area contributed by atoms with Crippen LogP contribution in [0.2, 0.25) is 5.02 Å². The van der Waals surface area contributed by atoms with Crippen molar-refractivity contribution in [1.82, 2.24) is 4.31 Å². The Kier molecular flexibility index (Phi) is 3.10. The number of nitrogens with zero attached hydrogens (tertiary/aromatic N) is 1. The first kappa shape index (κ1) is 11.7. The largest absolute Gasteiger partial charge is 0.399 e. The zero-order chi connectivity index (χ0) is 11.8. The lowest BCUT2D eigenvalue weighted by Crippen LogP contribution is -2.28. The van der Waals surface area contributed by atoms with Crippen LogP contribution in [0.15, 0.2) is 23.1 Å². The van der Waals surface area contributed by atoms with Gasteiger partial charge < -0.3 is 5.73 Å².